The van der Waals surface area contributed by atoms with Gasteiger partial charge < -0.3 is 30.3 Å². The molecule has 2 heterocycles. The van der Waals surface area contributed by atoms with Gasteiger partial charge in [-0.15, -0.1) is 0 Å². The summed E-state index contributed by atoms with van der Waals surface area (Å²) in [5.41, 5.74) is -1.59. The van der Waals surface area contributed by atoms with E-state index in [1.54, 1.807) is 0 Å². The molecule has 1 aromatic rings. The van der Waals surface area contributed by atoms with Crippen LogP contribution in [-0.4, -0.2) is 72.5 Å². The molecule has 2 aliphatic heterocycles. The lowest BCUT2D eigenvalue weighted by atomic mass is 9.97. The third-order valence-corrected chi connectivity index (χ3v) is 3.89. The molecule has 2 fully saturated rings. The molecule has 10 nitrogen and oxygen atoms in total. The molecule has 0 radical (unpaired) electrons. The van der Waals surface area contributed by atoms with E-state index >= 15 is 0 Å². The second kappa shape index (κ2) is 7.10. The number of hydrogen-bond donors (Lipinski definition) is 4. The quantitative estimate of drug-likeness (QED) is 0.443. The lowest BCUT2D eigenvalue weighted by Gasteiger charge is -2.13. The zero-order valence-electron chi connectivity index (χ0n) is 13.5. The predicted molar refractivity (Wildman–Crippen MR) is 84.5 cm³/mol. The number of carboxylic acids is 2. The topological polar surface area (TPSA) is 158 Å². The first-order valence-corrected chi connectivity index (χ1v) is 7.81. The number of amides is 2. The third kappa shape index (κ3) is 4.16. The number of epoxide rings is 2. The zero-order valence-corrected chi connectivity index (χ0v) is 13.5. The first-order valence-electron chi connectivity index (χ1n) is 7.81. The molecule has 2 saturated heterocycles. The van der Waals surface area contributed by atoms with E-state index in [0.717, 1.165) is 12.1 Å². The van der Waals surface area contributed by atoms with Gasteiger partial charge in [0, 0.05) is 13.1 Å². The molecule has 1 aromatic carbocycles. The number of ether oxygens (including phenoxy) is 2. The van der Waals surface area contributed by atoms with Crippen molar-refractivity contribution >= 4 is 23.8 Å². The SMILES string of the molecule is O=C(O)c1cc(C(=O)NCC2CO2)c(C(=O)NCC2CO2)cc1C(=O)O. The van der Waals surface area contributed by atoms with Gasteiger partial charge in [-0.1, -0.05) is 0 Å². The van der Waals surface area contributed by atoms with E-state index in [-0.39, 0.29) is 36.4 Å². The molecule has 26 heavy (non-hydrogen) atoms. The highest BCUT2D eigenvalue weighted by molar-refractivity contribution is 6.12. The summed E-state index contributed by atoms with van der Waals surface area (Å²) in [5, 5.41) is 23.5. The summed E-state index contributed by atoms with van der Waals surface area (Å²) in [7, 11) is 0. The van der Waals surface area contributed by atoms with E-state index in [2.05, 4.69) is 10.6 Å². The Morgan fingerprint density at radius 2 is 1.15 bits per heavy atom. The Kier molecular flexibility index (Phi) is 4.87. The molecule has 2 aliphatic rings. The van der Waals surface area contributed by atoms with E-state index in [4.69, 9.17) is 9.47 Å². The Morgan fingerprint density at radius 3 is 1.42 bits per heavy atom. The Balaban J connectivity index is 1.94. The zero-order chi connectivity index (χ0) is 18.8. The van der Waals surface area contributed by atoms with Crippen molar-refractivity contribution in [3.8, 4) is 0 Å². The predicted octanol–water partition coefficient (Wildman–Crippen LogP) is -0.660. The maximum atomic E-state index is 12.4. The largest absolute Gasteiger partial charge is 0.478 e. The van der Waals surface area contributed by atoms with Crippen molar-refractivity contribution in [2.75, 3.05) is 26.3 Å². The van der Waals surface area contributed by atoms with Gasteiger partial charge in [0.25, 0.3) is 11.8 Å². The molecule has 0 bridgehead atoms. The number of benzene rings is 1. The van der Waals surface area contributed by atoms with Crippen molar-refractivity contribution in [3.63, 3.8) is 0 Å². The summed E-state index contributed by atoms with van der Waals surface area (Å²) in [6.45, 7) is 1.43. The Morgan fingerprint density at radius 1 is 0.808 bits per heavy atom. The van der Waals surface area contributed by atoms with Crippen molar-refractivity contribution in [2.24, 2.45) is 0 Å². The Bertz CT molecular complexity index is 718. The fourth-order valence-electron chi connectivity index (χ4n) is 2.30. The normalized spacial score (nSPS) is 20.2. The van der Waals surface area contributed by atoms with E-state index in [9.17, 15) is 29.4 Å². The van der Waals surface area contributed by atoms with Gasteiger partial charge in [0.05, 0.1) is 47.7 Å². The van der Waals surface area contributed by atoms with Crippen LogP contribution in [0.1, 0.15) is 41.4 Å². The van der Waals surface area contributed by atoms with Gasteiger partial charge >= 0.3 is 11.9 Å². The summed E-state index contributed by atoms with van der Waals surface area (Å²) in [6, 6.07) is 1.80. The molecular formula is C16H16N2O8. The van der Waals surface area contributed by atoms with Gasteiger partial charge in [-0.25, -0.2) is 9.59 Å². The van der Waals surface area contributed by atoms with Crippen molar-refractivity contribution in [1.82, 2.24) is 10.6 Å². The maximum Gasteiger partial charge on any atom is 0.336 e. The standard InChI is InChI=1S/C16H16N2O8/c19-13(17-3-7-5-25-7)9-1-11(15(21)22)12(16(23)24)2-10(9)14(20)18-4-8-6-26-8/h1-2,7-8H,3-6H2,(H,17,19)(H,18,20)(H,21,22)(H,23,24). The summed E-state index contributed by atoms with van der Waals surface area (Å²) in [4.78, 5) is 47.5. The average Bonchev–Trinajstić information content (AvgIpc) is 3.50. The highest BCUT2D eigenvalue weighted by atomic mass is 16.6. The fourth-order valence-corrected chi connectivity index (χ4v) is 2.30. The van der Waals surface area contributed by atoms with Crippen molar-refractivity contribution in [2.45, 2.75) is 12.2 Å². The number of carbonyl (C=O) groups excluding carboxylic acids is 2. The van der Waals surface area contributed by atoms with Crippen molar-refractivity contribution in [1.29, 1.82) is 0 Å². The molecule has 2 amide bonds. The number of nitrogens with one attached hydrogen (secondary N) is 2. The first kappa shape index (κ1) is 17.8. The van der Waals surface area contributed by atoms with E-state index < -0.39 is 34.9 Å². The average molecular weight is 364 g/mol. The van der Waals surface area contributed by atoms with Crippen LogP contribution in [-0.2, 0) is 9.47 Å². The van der Waals surface area contributed by atoms with Gasteiger partial charge in [-0.3, -0.25) is 9.59 Å². The first-order chi connectivity index (χ1) is 12.4. The summed E-state index contributed by atoms with van der Waals surface area (Å²) in [5.74, 6) is -4.40. The third-order valence-electron chi connectivity index (χ3n) is 3.89. The van der Waals surface area contributed by atoms with Crippen LogP contribution >= 0.6 is 0 Å². The minimum Gasteiger partial charge on any atom is -0.478 e. The summed E-state index contributed by atoms with van der Waals surface area (Å²) >= 11 is 0. The van der Waals surface area contributed by atoms with Crippen molar-refractivity contribution in [3.05, 3.63) is 34.4 Å². The van der Waals surface area contributed by atoms with E-state index in [0.29, 0.717) is 13.2 Å². The van der Waals surface area contributed by atoms with E-state index in [1.165, 1.54) is 0 Å². The van der Waals surface area contributed by atoms with Crippen LogP contribution < -0.4 is 10.6 Å². The molecule has 10 heteroatoms. The molecule has 3 rings (SSSR count). The molecule has 2 atom stereocenters. The molecule has 0 aromatic heterocycles. The molecule has 0 aliphatic carbocycles. The number of rotatable bonds is 8. The minimum atomic E-state index is -1.51. The van der Waals surface area contributed by atoms with Crippen LogP contribution in [0.25, 0.3) is 0 Å². The summed E-state index contributed by atoms with van der Waals surface area (Å²) < 4.78 is 9.95. The Labute approximate surface area is 147 Å². The summed E-state index contributed by atoms with van der Waals surface area (Å²) in [6.07, 6.45) is -0.221. The van der Waals surface area contributed by atoms with Crippen LogP contribution in [0.3, 0.4) is 0 Å². The lowest BCUT2D eigenvalue weighted by molar-refractivity contribution is 0.0651. The van der Waals surface area contributed by atoms with E-state index in [1.807, 2.05) is 0 Å². The van der Waals surface area contributed by atoms with Gasteiger partial charge in [0.2, 0.25) is 0 Å². The number of carbonyl (C=O) groups is 4. The van der Waals surface area contributed by atoms with Gasteiger partial charge in [-0.05, 0) is 12.1 Å². The molecule has 0 saturated carbocycles. The molecule has 2 unspecified atom stereocenters. The number of hydrogen-bond acceptors (Lipinski definition) is 6. The minimum absolute atomic E-state index is 0.111. The second-order valence-corrected chi connectivity index (χ2v) is 5.88. The fraction of sp³-hybridized carbons (Fsp3) is 0.375. The van der Waals surface area contributed by atoms with Crippen molar-refractivity contribution < 1.29 is 38.9 Å². The molecule has 4 N–H and O–H groups in total. The maximum absolute atomic E-state index is 12.4. The Hall–Kier alpha value is -2.98. The molecule has 138 valence electrons. The second-order valence-electron chi connectivity index (χ2n) is 5.88. The molecular weight excluding hydrogens is 348 g/mol. The number of aromatic carboxylic acids is 2. The molecule has 0 spiro atoms. The van der Waals surface area contributed by atoms with Gasteiger partial charge in [0.15, 0.2) is 0 Å². The van der Waals surface area contributed by atoms with Crippen LogP contribution in [0.5, 0.6) is 0 Å². The van der Waals surface area contributed by atoms with Crippen LogP contribution in [0.15, 0.2) is 12.1 Å². The highest BCUT2D eigenvalue weighted by Crippen LogP contribution is 2.19. The van der Waals surface area contributed by atoms with Gasteiger partial charge in [-0.2, -0.15) is 0 Å². The number of carboxylic acid groups (broad SMARTS) is 2. The van der Waals surface area contributed by atoms with Crippen LogP contribution in [0, 0.1) is 0 Å². The monoisotopic (exact) mass is 364 g/mol. The van der Waals surface area contributed by atoms with Crippen LogP contribution in [0.2, 0.25) is 0 Å². The van der Waals surface area contributed by atoms with Crippen LogP contribution in [0.4, 0.5) is 0 Å². The smallest absolute Gasteiger partial charge is 0.336 e. The lowest BCUT2D eigenvalue weighted by Crippen LogP contribution is -2.33. The van der Waals surface area contributed by atoms with Gasteiger partial charge in [0.1, 0.15) is 0 Å². The highest BCUT2D eigenvalue weighted by Gasteiger charge is 2.29.